The van der Waals surface area contributed by atoms with Gasteiger partial charge in [0.15, 0.2) is 5.78 Å². The summed E-state index contributed by atoms with van der Waals surface area (Å²) in [5.74, 6) is -0.0990. The lowest BCUT2D eigenvalue weighted by Gasteiger charge is -1.92. The molecule has 0 aliphatic carbocycles. The van der Waals surface area contributed by atoms with Crippen molar-refractivity contribution in [2.24, 2.45) is 5.73 Å². The molecule has 0 bridgehead atoms. The molecule has 0 aromatic rings. The van der Waals surface area contributed by atoms with Crippen LogP contribution in [0.25, 0.3) is 0 Å². The molecule has 0 unspecified atom stereocenters. The monoisotopic (exact) mass is 163 g/mol. The van der Waals surface area contributed by atoms with Gasteiger partial charge in [-0.05, 0) is 13.1 Å². The molecule has 0 aliphatic rings. The highest BCUT2D eigenvalue weighted by Gasteiger charge is 1.98. The van der Waals surface area contributed by atoms with E-state index in [9.17, 15) is 4.79 Å². The Kier molecular flexibility index (Phi) is 5.35. The fourth-order valence-corrected chi connectivity index (χ4v) is 0.676. The summed E-state index contributed by atoms with van der Waals surface area (Å²) in [6, 6.07) is 0. The molecule has 2 heteroatoms. The molecule has 64 valence electrons. The third-order valence-corrected chi connectivity index (χ3v) is 1.25. The topological polar surface area (TPSA) is 43.1 Å². The molecule has 0 radical (unpaired) electrons. The zero-order valence-electron chi connectivity index (χ0n) is 7.16. The second kappa shape index (κ2) is 6.16. The van der Waals surface area contributed by atoms with E-state index in [1.807, 2.05) is 0 Å². The number of allylic oxidation sites excluding steroid dienone is 6. The molecule has 0 aliphatic heterocycles. The van der Waals surface area contributed by atoms with Gasteiger partial charge in [0.2, 0.25) is 0 Å². The molecular formula is C10H13NO. The summed E-state index contributed by atoms with van der Waals surface area (Å²) in [6.45, 7) is 5.30. The van der Waals surface area contributed by atoms with E-state index in [2.05, 4.69) is 6.58 Å². The van der Waals surface area contributed by atoms with Crippen LogP contribution in [0.3, 0.4) is 0 Å². The van der Waals surface area contributed by atoms with E-state index in [1.54, 1.807) is 31.2 Å². The van der Waals surface area contributed by atoms with E-state index < -0.39 is 0 Å². The second-order valence-corrected chi connectivity index (χ2v) is 2.06. The number of hydrogen-bond donors (Lipinski definition) is 1. The van der Waals surface area contributed by atoms with Crippen LogP contribution in [0.2, 0.25) is 0 Å². The average Bonchev–Trinajstić information content (AvgIpc) is 2.06. The van der Waals surface area contributed by atoms with Gasteiger partial charge in [-0.15, -0.1) is 0 Å². The van der Waals surface area contributed by atoms with Crippen LogP contribution >= 0.6 is 0 Å². The zero-order valence-corrected chi connectivity index (χ0v) is 7.16. The first-order chi connectivity index (χ1) is 5.76. The Balaban J connectivity index is 4.47. The molecule has 0 fully saturated rings. The van der Waals surface area contributed by atoms with Crippen LogP contribution in [-0.4, -0.2) is 5.78 Å². The van der Waals surface area contributed by atoms with Gasteiger partial charge in [-0.3, -0.25) is 4.79 Å². The van der Waals surface area contributed by atoms with Crippen molar-refractivity contribution in [2.75, 3.05) is 0 Å². The second-order valence-electron chi connectivity index (χ2n) is 2.06. The summed E-state index contributed by atoms with van der Waals surface area (Å²) in [7, 11) is 0. The van der Waals surface area contributed by atoms with Crippen molar-refractivity contribution in [3.63, 3.8) is 0 Å². The van der Waals surface area contributed by atoms with Crippen LogP contribution in [-0.2, 0) is 4.79 Å². The first-order valence-electron chi connectivity index (χ1n) is 3.64. The number of carbonyl (C=O) groups excluding carboxylic acids is 1. The van der Waals surface area contributed by atoms with E-state index >= 15 is 0 Å². The van der Waals surface area contributed by atoms with Gasteiger partial charge in [0, 0.05) is 11.6 Å². The Bertz CT molecular complexity index is 247. The van der Waals surface area contributed by atoms with Crippen molar-refractivity contribution in [2.45, 2.75) is 6.92 Å². The van der Waals surface area contributed by atoms with Crippen LogP contribution in [0.15, 0.2) is 48.7 Å². The van der Waals surface area contributed by atoms with Gasteiger partial charge < -0.3 is 5.73 Å². The van der Waals surface area contributed by atoms with Crippen LogP contribution in [0.5, 0.6) is 0 Å². The van der Waals surface area contributed by atoms with E-state index in [4.69, 9.17) is 5.73 Å². The Labute approximate surface area is 72.8 Å². The van der Waals surface area contributed by atoms with Gasteiger partial charge in [-0.25, -0.2) is 0 Å². The van der Waals surface area contributed by atoms with Crippen molar-refractivity contribution in [1.82, 2.24) is 0 Å². The number of hydrogen-bond acceptors (Lipinski definition) is 2. The maximum Gasteiger partial charge on any atom is 0.186 e. The first-order valence-corrected chi connectivity index (χ1v) is 3.64. The number of carbonyl (C=O) groups is 1. The molecule has 2 nitrogen and oxygen atoms in total. The normalized spacial score (nSPS) is 12.6. The molecule has 0 atom stereocenters. The molecule has 2 N–H and O–H groups in total. The largest absolute Gasteiger partial charge is 0.404 e. The minimum Gasteiger partial charge on any atom is -0.404 e. The van der Waals surface area contributed by atoms with Crippen molar-refractivity contribution in [3.8, 4) is 0 Å². The molecule has 0 saturated heterocycles. The molecule has 0 aromatic carbocycles. The predicted octanol–water partition coefficient (Wildman–Crippen LogP) is 1.72. The third-order valence-electron chi connectivity index (χ3n) is 1.25. The summed E-state index contributed by atoms with van der Waals surface area (Å²) in [5.41, 5.74) is 5.69. The summed E-state index contributed by atoms with van der Waals surface area (Å²) in [4.78, 5) is 11.2. The molecular weight excluding hydrogens is 150 g/mol. The SMILES string of the molecule is C=C/C=C\C(=C/C)C(=O)/C=C/N. The first kappa shape index (κ1) is 10.4. The van der Waals surface area contributed by atoms with Gasteiger partial charge in [-0.1, -0.05) is 30.9 Å². The average molecular weight is 163 g/mol. The molecule has 0 spiro atoms. The lowest BCUT2D eigenvalue weighted by molar-refractivity contribution is -0.111. The van der Waals surface area contributed by atoms with Crippen LogP contribution in [0, 0.1) is 0 Å². The molecule has 0 amide bonds. The van der Waals surface area contributed by atoms with Crippen LogP contribution in [0.4, 0.5) is 0 Å². The lowest BCUT2D eigenvalue weighted by Crippen LogP contribution is -1.96. The van der Waals surface area contributed by atoms with Gasteiger partial charge in [0.25, 0.3) is 0 Å². The smallest absolute Gasteiger partial charge is 0.186 e. The maximum atomic E-state index is 11.2. The number of ketones is 1. The van der Waals surface area contributed by atoms with E-state index in [0.717, 1.165) is 0 Å². The van der Waals surface area contributed by atoms with E-state index in [0.29, 0.717) is 5.57 Å². The summed E-state index contributed by atoms with van der Waals surface area (Å²) >= 11 is 0. The predicted molar refractivity (Wildman–Crippen MR) is 51.4 cm³/mol. The summed E-state index contributed by atoms with van der Waals surface area (Å²) in [6.07, 6.45) is 9.29. The minimum absolute atomic E-state index is 0.0990. The molecule has 0 saturated carbocycles. The standard InChI is InChI=1S/C10H13NO/c1-3-5-6-9(4-2)10(12)7-8-11/h3-8H,1,11H2,2H3/b6-5-,8-7+,9-4+. The highest BCUT2D eigenvalue weighted by Crippen LogP contribution is 1.99. The quantitative estimate of drug-likeness (QED) is 0.506. The fraction of sp³-hybridized carbons (Fsp3) is 0.100. The Morgan fingerprint density at radius 2 is 2.08 bits per heavy atom. The van der Waals surface area contributed by atoms with Crippen molar-refractivity contribution < 1.29 is 4.79 Å². The van der Waals surface area contributed by atoms with Crippen LogP contribution < -0.4 is 5.73 Å². The van der Waals surface area contributed by atoms with Gasteiger partial charge in [-0.2, -0.15) is 0 Å². The molecule has 0 aromatic heterocycles. The highest BCUT2D eigenvalue weighted by molar-refractivity contribution is 6.05. The van der Waals surface area contributed by atoms with Gasteiger partial charge in [0.05, 0.1) is 0 Å². The lowest BCUT2D eigenvalue weighted by atomic mass is 10.1. The van der Waals surface area contributed by atoms with Crippen molar-refractivity contribution >= 4 is 5.78 Å². The minimum atomic E-state index is -0.0990. The fourth-order valence-electron chi connectivity index (χ4n) is 0.676. The van der Waals surface area contributed by atoms with Gasteiger partial charge in [0.1, 0.15) is 0 Å². The van der Waals surface area contributed by atoms with Gasteiger partial charge >= 0.3 is 0 Å². The summed E-state index contributed by atoms with van der Waals surface area (Å²) < 4.78 is 0. The van der Waals surface area contributed by atoms with E-state index in [-0.39, 0.29) is 5.78 Å². The Morgan fingerprint density at radius 1 is 1.42 bits per heavy atom. The molecule has 12 heavy (non-hydrogen) atoms. The number of rotatable bonds is 4. The van der Waals surface area contributed by atoms with Crippen molar-refractivity contribution in [1.29, 1.82) is 0 Å². The maximum absolute atomic E-state index is 11.2. The van der Waals surface area contributed by atoms with Crippen molar-refractivity contribution in [3.05, 3.63) is 48.7 Å². The third kappa shape index (κ3) is 3.56. The Morgan fingerprint density at radius 3 is 2.50 bits per heavy atom. The number of nitrogens with two attached hydrogens (primary N) is 1. The van der Waals surface area contributed by atoms with E-state index in [1.165, 1.54) is 12.3 Å². The zero-order chi connectivity index (χ0) is 9.40. The molecule has 0 heterocycles. The molecule has 0 rings (SSSR count). The Hall–Kier alpha value is -1.57. The summed E-state index contributed by atoms with van der Waals surface area (Å²) in [5, 5.41) is 0. The highest BCUT2D eigenvalue weighted by atomic mass is 16.1. The van der Waals surface area contributed by atoms with Crippen LogP contribution in [0.1, 0.15) is 6.92 Å².